The zero-order valence-corrected chi connectivity index (χ0v) is 14.9. The number of fused-ring (bicyclic) bond motifs is 5. The predicted octanol–water partition coefficient (Wildman–Crippen LogP) is 5.54. The Bertz CT molecular complexity index is 544. The summed E-state index contributed by atoms with van der Waals surface area (Å²) in [5.41, 5.74) is 3.96. The van der Waals surface area contributed by atoms with E-state index in [1.54, 1.807) is 5.57 Å². The van der Waals surface area contributed by atoms with E-state index >= 15 is 0 Å². The third-order valence-electron chi connectivity index (χ3n) is 8.71. The molecule has 4 aliphatic rings. The maximum atomic E-state index is 12.5. The van der Waals surface area contributed by atoms with Gasteiger partial charge in [-0.25, -0.2) is 0 Å². The lowest BCUT2D eigenvalue weighted by atomic mass is 9.45. The molecule has 0 spiro atoms. The van der Waals surface area contributed by atoms with Gasteiger partial charge in [-0.15, -0.1) is 0 Å². The number of carbonyl (C=O) groups excluding carboxylic acids is 1. The van der Waals surface area contributed by atoms with Crippen LogP contribution in [-0.2, 0) is 4.79 Å². The second kappa shape index (κ2) is 4.71. The fourth-order valence-electron chi connectivity index (χ4n) is 7.28. The maximum Gasteiger partial charge on any atom is 0.139 e. The van der Waals surface area contributed by atoms with E-state index in [2.05, 4.69) is 27.7 Å². The van der Waals surface area contributed by atoms with E-state index in [9.17, 15) is 4.79 Å². The minimum Gasteiger partial charge on any atom is -0.299 e. The van der Waals surface area contributed by atoms with Crippen LogP contribution in [0.15, 0.2) is 11.1 Å². The van der Waals surface area contributed by atoms with Crippen molar-refractivity contribution >= 4 is 5.78 Å². The van der Waals surface area contributed by atoms with Crippen molar-refractivity contribution in [3.63, 3.8) is 0 Å². The lowest BCUT2D eigenvalue weighted by molar-refractivity contribution is -0.132. The molecule has 3 fully saturated rings. The summed E-state index contributed by atoms with van der Waals surface area (Å²) in [6.45, 7) is 9.79. The highest BCUT2D eigenvalue weighted by molar-refractivity contribution is 5.87. The minimum atomic E-state index is 0.0210. The van der Waals surface area contributed by atoms with Crippen LogP contribution in [0.25, 0.3) is 0 Å². The van der Waals surface area contributed by atoms with Crippen molar-refractivity contribution in [2.24, 2.45) is 34.5 Å². The number of Topliss-reactive ketones (excluding diaryl/α,β-unsaturated/α-hetero) is 1. The normalized spacial score (nSPS) is 51.4. The summed E-state index contributed by atoms with van der Waals surface area (Å²) < 4.78 is 0. The molecule has 0 heterocycles. The van der Waals surface area contributed by atoms with Crippen LogP contribution in [0.3, 0.4) is 0 Å². The Morgan fingerprint density at radius 3 is 2.59 bits per heavy atom. The Hall–Kier alpha value is -0.590. The topological polar surface area (TPSA) is 17.1 Å². The van der Waals surface area contributed by atoms with Crippen molar-refractivity contribution in [2.45, 2.75) is 79.1 Å². The van der Waals surface area contributed by atoms with Crippen LogP contribution in [-0.4, -0.2) is 5.78 Å². The van der Waals surface area contributed by atoms with Gasteiger partial charge < -0.3 is 0 Å². The Kier molecular flexibility index (Phi) is 3.20. The molecule has 3 saturated carbocycles. The largest absolute Gasteiger partial charge is 0.299 e. The van der Waals surface area contributed by atoms with Crippen LogP contribution in [0.5, 0.6) is 0 Å². The van der Waals surface area contributed by atoms with Crippen LogP contribution in [0.4, 0.5) is 0 Å². The van der Waals surface area contributed by atoms with Gasteiger partial charge in [-0.2, -0.15) is 0 Å². The molecule has 22 heavy (non-hydrogen) atoms. The summed E-state index contributed by atoms with van der Waals surface area (Å²) in [5, 5.41) is 0. The van der Waals surface area contributed by atoms with Crippen LogP contribution >= 0.6 is 0 Å². The predicted molar refractivity (Wildman–Crippen MR) is 90.5 cm³/mol. The van der Waals surface area contributed by atoms with Gasteiger partial charge in [0, 0.05) is 11.8 Å². The highest BCUT2D eigenvalue weighted by Gasteiger charge is 2.59. The molecule has 0 aliphatic heterocycles. The van der Waals surface area contributed by atoms with Gasteiger partial charge in [0.1, 0.15) is 5.78 Å². The number of rotatable bonds is 0. The lowest BCUT2D eigenvalue weighted by Gasteiger charge is -2.59. The van der Waals surface area contributed by atoms with E-state index in [-0.39, 0.29) is 5.41 Å². The Morgan fingerprint density at radius 2 is 1.82 bits per heavy atom. The average molecular weight is 300 g/mol. The minimum absolute atomic E-state index is 0.0210. The molecule has 6 atom stereocenters. The molecule has 0 bridgehead atoms. The highest BCUT2D eigenvalue weighted by atomic mass is 16.1. The van der Waals surface area contributed by atoms with Crippen LogP contribution in [0, 0.1) is 34.5 Å². The molecule has 1 nitrogen and oxygen atoms in total. The van der Waals surface area contributed by atoms with Gasteiger partial charge >= 0.3 is 0 Å². The van der Waals surface area contributed by atoms with Gasteiger partial charge in [0.2, 0.25) is 0 Å². The summed E-state index contributed by atoms with van der Waals surface area (Å²) in [6.07, 6.45) is 9.90. The molecule has 1 heteroatoms. The first-order chi connectivity index (χ1) is 10.4. The van der Waals surface area contributed by atoms with E-state index in [4.69, 9.17) is 0 Å². The van der Waals surface area contributed by atoms with E-state index in [1.165, 1.54) is 38.5 Å². The summed E-state index contributed by atoms with van der Waals surface area (Å²) >= 11 is 0. The quantitative estimate of drug-likeness (QED) is 0.536. The maximum absolute atomic E-state index is 12.5. The van der Waals surface area contributed by atoms with Gasteiger partial charge in [0.25, 0.3) is 0 Å². The van der Waals surface area contributed by atoms with E-state index < -0.39 is 0 Å². The smallest absolute Gasteiger partial charge is 0.139 e. The van der Waals surface area contributed by atoms with Crippen molar-refractivity contribution in [1.82, 2.24) is 0 Å². The first kappa shape index (κ1) is 15.0. The van der Waals surface area contributed by atoms with Crippen LogP contribution in [0.2, 0.25) is 0 Å². The summed E-state index contributed by atoms with van der Waals surface area (Å²) in [7, 11) is 0. The van der Waals surface area contributed by atoms with E-state index in [0.717, 1.165) is 30.6 Å². The van der Waals surface area contributed by atoms with Crippen molar-refractivity contribution in [3.8, 4) is 0 Å². The zero-order chi connectivity index (χ0) is 15.7. The van der Waals surface area contributed by atoms with Gasteiger partial charge in [0.05, 0.1) is 0 Å². The molecular weight excluding hydrogens is 268 g/mol. The average Bonchev–Trinajstić information content (AvgIpc) is 2.78. The molecule has 1 unspecified atom stereocenters. The third kappa shape index (κ3) is 1.69. The second-order valence-corrected chi connectivity index (χ2v) is 9.33. The van der Waals surface area contributed by atoms with Gasteiger partial charge in [0.15, 0.2) is 0 Å². The van der Waals surface area contributed by atoms with Gasteiger partial charge in [-0.05, 0) is 81.0 Å². The summed E-state index contributed by atoms with van der Waals surface area (Å²) in [6, 6.07) is 0. The monoisotopic (exact) mass is 300 g/mol. The number of allylic oxidation sites excluding steroid dienone is 2. The number of hydrogen-bond acceptors (Lipinski definition) is 1. The van der Waals surface area contributed by atoms with Crippen molar-refractivity contribution in [3.05, 3.63) is 11.1 Å². The standard InChI is InChI=1S/C21H32O/c1-13-12-15-17-8-9-19(22)20(17,3)11-10-18(15)21(4)14(2)6-5-7-16(13)21/h14-15,17-18H,5-12H2,1-4H3/t14?,15-,17-,18-,20-,21-/m0/s1. The summed E-state index contributed by atoms with van der Waals surface area (Å²) in [4.78, 5) is 12.5. The zero-order valence-electron chi connectivity index (χ0n) is 14.9. The molecular formula is C21H32O. The molecule has 0 aromatic carbocycles. The molecule has 0 radical (unpaired) electrons. The van der Waals surface area contributed by atoms with Gasteiger partial charge in [-0.1, -0.05) is 31.9 Å². The summed E-state index contributed by atoms with van der Waals surface area (Å²) in [5.74, 6) is 3.68. The fraction of sp³-hybridized carbons (Fsp3) is 0.857. The lowest BCUT2D eigenvalue weighted by Crippen LogP contribution is -2.52. The Balaban J connectivity index is 1.78. The SMILES string of the molecule is CC1=C2CCCC(C)[C@]2(C)[C@H]2CC[C@]3(C)C(=O)CC[C@H]3[C@@H]2C1. The Morgan fingerprint density at radius 1 is 1.05 bits per heavy atom. The molecule has 4 rings (SSSR count). The molecule has 0 N–H and O–H groups in total. The van der Waals surface area contributed by atoms with Crippen molar-refractivity contribution < 1.29 is 4.79 Å². The number of hydrogen-bond donors (Lipinski definition) is 0. The molecule has 0 saturated heterocycles. The molecule has 0 aromatic heterocycles. The second-order valence-electron chi connectivity index (χ2n) is 9.33. The molecule has 0 aromatic rings. The fourth-order valence-corrected chi connectivity index (χ4v) is 7.28. The van der Waals surface area contributed by atoms with Gasteiger partial charge in [-0.3, -0.25) is 4.79 Å². The first-order valence-corrected chi connectivity index (χ1v) is 9.61. The van der Waals surface area contributed by atoms with Crippen molar-refractivity contribution in [1.29, 1.82) is 0 Å². The molecule has 0 amide bonds. The van der Waals surface area contributed by atoms with E-state index in [1.807, 2.05) is 5.57 Å². The van der Waals surface area contributed by atoms with Crippen molar-refractivity contribution in [2.75, 3.05) is 0 Å². The number of ketones is 1. The Labute approximate surface area is 135 Å². The molecule has 122 valence electrons. The highest BCUT2D eigenvalue weighted by Crippen LogP contribution is 2.66. The first-order valence-electron chi connectivity index (χ1n) is 9.61. The van der Waals surface area contributed by atoms with Crippen LogP contribution < -0.4 is 0 Å². The molecule has 4 aliphatic carbocycles. The number of carbonyl (C=O) groups is 1. The van der Waals surface area contributed by atoms with E-state index in [0.29, 0.717) is 17.1 Å². The van der Waals surface area contributed by atoms with Crippen LogP contribution in [0.1, 0.15) is 79.1 Å². The third-order valence-corrected chi connectivity index (χ3v) is 8.71.